The number of rotatable bonds is 4. The van der Waals surface area contributed by atoms with Gasteiger partial charge in [0.05, 0.1) is 13.0 Å². The lowest BCUT2D eigenvalue weighted by molar-refractivity contribution is -0.134. The molecule has 0 aliphatic carbocycles. The first-order valence-electron chi connectivity index (χ1n) is 10.3. The van der Waals surface area contributed by atoms with Crippen LogP contribution in [0, 0.1) is 0 Å². The van der Waals surface area contributed by atoms with Gasteiger partial charge in [-0.25, -0.2) is 0 Å². The van der Waals surface area contributed by atoms with Gasteiger partial charge in [0.25, 0.3) is 0 Å². The van der Waals surface area contributed by atoms with E-state index in [9.17, 15) is 9.59 Å². The quantitative estimate of drug-likeness (QED) is 0.805. The summed E-state index contributed by atoms with van der Waals surface area (Å²) in [5, 5.41) is 4.96. The van der Waals surface area contributed by atoms with Crippen molar-refractivity contribution in [1.82, 2.24) is 19.9 Å². The van der Waals surface area contributed by atoms with Crippen LogP contribution in [0.4, 0.5) is 0 Å². The van der Waals surface area contributed by atoms with Crippen molar-refractivity contribution in [3.05, 3.63) is 30.0 Å². The van der Waals surface area contributed by atoms with Gasteiger partial charge in [0, 0.05) is 44.7 Å². The number of hydrogen-bond acceptors (Lipinski definition) is 5. The number of likely N-dealkylation sites (tertiary alicyclic amines) is 1. The molecule has 3 heterocycles. The third kappa shape index (κ3) is 4.35. The van der Waals surface area contributed by atoms with Crippen molar-refractivity contribution in [3.8, 4) is 0 Å². The van der Waals surface area contributed by atoms with Gasteiger partial charge in [-0.3, -0.25) is 14.5 Å². The average molecular weight is 384 g/mol. The van der Waals surface area contributed by atoms with Crippen LogP contribution in [0.2, 0.25) is 0 Å². The Hall–Kier alpha value is -2.41. The molecule has 2 aliphatic rings. The molecule has 150 valence electrons. The fourth-order valence-corrected chi connectivity index (χ4v) is 4.09. The highest BCUT2D eigenvalue weighted by molar-refractivity contribution is 5.86. The van der Waals surface area contributed by atoms with E-state index >= 15 is 0 Å². The Morgan fingerprint density at radius 2 is 1.54 bits per heavy atom. The number of amides is 2. The van der Waals surface area contributed by atoms with Crippen molar-refractivity contribution in [3.63, 3.8) is 0 Å². The van der Waals surface area contributed by atoms with Gasteiger partial charge in [0.1, 0.15) is 5.69 Å². The van der Waals surface area contributed by atoms with Crippen LogP contribution >= 0.6 is 0 Å². The zero-order chi connectivity index (χ0) is 19.3. The lowest BCUT2D eigenvalue weighted by Gasteiger charge is -2.35. The van der Waals surface area contributed by atoms with Gasteiger partial charge in [0.2, 0.25) is 11.8 Å². The van der Waals surface area contributed by atoms with Crippen molar-refractivity contribution in [1.29, 1.82) is 0 Å². The van der Waals surface area contributed by atoms with Gasteiger partial charge >= 0.3 is 0 Å². The number of aromatic nitrogens is 1. The van der Waals surface area contributed by atoms with Crippen molar-refractivity contribution in [2.75, 3.05) is 45.8 Å². The summed E-state index contributed by atoms with van der Waals surface area (Å²) >= 11 is 0. The van der Waals surface area contributed by atoms with E-state index in [1.807, 2.05) is 34.1 Å². The Morgan fingerprint density at radius 3 is 2.29 bits per heavy atom. The van der Waals surface area contributed by atoms with Crippen LogP contribution in [0.3, 0.4) is 0 Å². The van der Waals surface area contributed by atoms with Gasteiger partial charge in [-0.15, -0.1) is 0 Å². The van der Waals surface area contributed by atoms with Gasteiger partial charge in [-0.05, 0) is 25.0 Å². The van der Waals surface area contributed by atoms with E-state index in [0.29, 0.717) is 30.9 Å². The second-order valence-corrected chi connectivity index (χ2v) is 7.75. The maximum absolute atomic E-state index is 12.7. The lowest BCUT2D eigenvalue weighted by Crippen LogP contribution is -2.52. The summed E-state index contributed by atoms with van der Waals surface area (Å²) < 4.78 is 5.29. The first kappa shape index (κ1) is 18.9. The minimum atomic E-state index is 0.0672. The van der Waals surface area contributed by atoms with Gasteiger partial charge in [-0.2, -0.15) is 0 Å². The maximum Gasteiger partial charge on any atom is 0.236 e. The Labute approximate surface area is 165 Å². The molecule has 0 unspecified atom stereocenters. The zero-order valence-corrected chi connectivity index (χ0v) is 16.3. The van der Waals surface area contributed by atoms with E-state index in [-0.39, 0.29) is 18.2 Å². The molecule has 0 N–H and O–H groups in total. The molecule has 2 saturated heterocycles. The Balaban J connectivity index is 1.26. The molecule has 4 rings (SSSR count). The van der Waals surface area contributed by atoms with Crippen molar-refractivity contribution < 1.29 is 14.1 Å². The summed E-state index contributed by atoms with van der Waals surface area (Å²) in [4.78, 5) is 31.3. The van der Waals surface area contributed by atoms with E-state index in [1.165, 1.54) is 12.8 Å². The van der Waals surface area contributed by atoms with Crippen molar-refractivity contribution in [2.45, 2.75) is 32.1 Å². The first-order valence-corrected chi connectivity index (χ1v) is 10.3. The highest BCUT2D eigenvalue weighted by Gasteiger charge is 2.25. The van der Waals surface area contributed by atoms with E-state index in [1.54, 1.807) is 0 Å². The second-order valence-electron chi connectivity index (χ2n) is 7.75. The molecule has 1 aromatic carbocycles. The standard InChI is InChI=1S/C21H28N4O3/c26-20(15-18-17-7-3-4-8-19(17)28-22-18)25-13-11-23(12-14-25)16-21(27)24-9-5-1-2-6-10-24/h3-4,7-8H,1-2,5-6,9-16H2. The number of carbonyl (C=O) groups is 2. The molecule has 0 spiro atoms. The summed E-state index contributed by atoms with van der Waals surface area (Å²) in [5.74, 6) is 0.299. The normalized spacial score (nSPS) is 19.0. The molecule has 1 aromatic heterocycles. The number of nitrogens with zero attached hydrogens (tertiary/aromatic N) is 4. The first-order chi connectivity index (χ1) is 13.7. The Morgan fingerprint density at radius 1 is 0.857 bits per heavy atom. The monoisotopic (exact) mass is 384 g/mol. The lowest BCUT2D eigenvalue weighted by atomic mass is 10.1. The highest BCUT2D eigenvalue weighted by Crippen LogP contribution is 2.19. The van der Waals surface area contributed by atoms with E-state index < -0.39 is 0 Å². The molecule has 7 nitrogen and oxygen atoms in total. The van der Waals surface area contributed by atoms with E-state index in [2.05, 4.69) is 10.1 Å². The Kier molecular flexibility index (Phi) is 5.90. The zero-order valence-electron chi connectivity index (χ0n) is 16.3. The molecule has 2 fully saturated rings. The molecule has 7 heteroatoms. The van der Waals surface area contributed by atoms with Crippen LogP contribution in [0.15, 0.2) is 28.8 Å². The fraction of sp³-hybridized carbons (Fsp3) is 0.571. The van der Waals surface area contributed by atoms with Gasteiger partial charge < -0.3 is 14.3 Å². The summed E-state index contributed by atoms with van der Waals surface area (Å²) in [6.07, 6.45) is 4.94. The third-order valence-electron chi connectivity index (χ3n) is 5.81. The van der Waals surface area contributed by atoms with E-state index in [0.717, 1.165) is 44.4 Å². The molecule has 0 bridgehead atoms. The molecule has 0 saturated carbocycles. The predicted octanol–water partition coefficient (Wildman–Crippen LogP) is 1.92. The molecule has 2 amide bonds. The topological polar surface area (TPSA) is 69.9 Å². The molecular weight excluding hydrogens is 356 g/mol. The molecule has 0 radical (unpaired) electrons. The summed E-state index contributed by atoms with van der Waals surface area (Å²) in [5.41, 5.74) is 1.40. The number of benzene rings is 1. The SMILES string of the molecule is O=C(Cc1noc2ccccc12)N1CCN(CC(=O)N2CCCCCC2)CC1. The largest absolute Gasteiger partial charge is 0.356 e. The van der Waals surface area contributed by atoms with Crippen LogP contribution in [-0.4, -0.2) is 77.5 Å². The molecule has 2 aliphatic heterocycles. The maximum atomic E-state index is 12.7. The number of para-hydroxylation sites is 1. The number of carbonyl (C=O) groups excluding carboxylic acids is 2. The fourth-order valence-electron chi connectivity index (χ4n) is 4.09. The third-order valence-corrected chi connectivity index (χ3v) is 5.81. The minimum absolute atomic E-state index is 0.0672. The molecule has 28 heavy (non-hydrogen) atoms. The van der Waals surface area contributed by atoms with Gasteiger partial charge in [0.15, 0.2) is 5.58 Å². The highest BCUT2D eigenvalue weighted by atomic mass is 16.5. The minimum Gasteiger partial charge on any atom is -0.356 e. The summed E-state index contributed by atoms with van der Waals surface area (Å²) in [6.45, 7) is 5.04. The van der Waals surface area contributed by atoms with E-state index in [4.69, 9.17) is 4.52 Å². The number of hydrogen-bond donors (Lipinski definition) is 0. The van der Waals surface area contributed by atoms with Crippen molar-refractivity contribution in [2.24, 2.45) is 0 Å². The summed E-state index contributed by atoms with van der Waals surface area (Å²) in [7, 11) is 0. The molecule has 2 aromatic rings. The summed E-state index contributed by atoms with van der Waals surface area (Å²) in [6, 6.07) is 7.61. The number of fused-ring (bicyclic) bond motifs is 1. The second kappa shape index (κ2) is 8.73. The van der Waals surface area contributed by atoms with Crippen LogP contribution in [0.5, 0.6) is 0 Å². The van der Waals surface area contributed by atoms with Crippen LogP contribution in [0.1, 0.15) is 31.4 Å². The van der Waals surface area contributed by atoms with Crippen LogP contribution < -0.4 is 0 Å². The van der Waals surface area contributed by atoms with Crippen LogP contribution in [0.25, 0.3) is 11.0 Å². The predicted molar refractivity (Wildman–Crippen MR) is 106 cm³/mol. The van der Waals surface area contributed by atoms with Gasteiger partial charge in [-0.1, -0.05) is 30.1 Å². The van der Waals surface area contributed by atoms with Crippen molar-refractivity contribution >= 4 is 22.8 Å². The average Bonchev–Trinajstić information content (AvgIpc) is 2.93. The molecular formula is C21H28N4O3. The molecule has 0 atom stereocenters. The Bertz CT molecular complexity index is 818. The van der Waals surface area contributed by atoms with Crippen LogP contribution in [-0.2, 0) is 16.0 Å². The smallest absolute Gasteiger partial charge is 0.236 e. The number of piperazine rings is 1.